The number of aromatic nitrogens is 2. The highest BCUT2D eigenvalue weighted by atomic mass is 35.5. The number of halogens is 3. The predicted octanol–water partition coefficient (Wildman–Crippen LogP) is 3.72. The van der Waals surface area contributed by atoms with Crippen LogP contribution in [0.25, 0.3) is 0 Å². The van der Waals surface area contributed by atoms with Crippen molar-refractivity contribution in [3.8, 4) is 0 Å². The van der Waals surface area contributed by atoms with Gasteiger partial charge in [0.15, 0.2) is 0 Å². The van der Waals surface area contributed by atoms with Crippen molar-refractivity contribution in [2.45, 2.75) is 24.8 Å². The average Bonchev–Trinajstić information content (AvgIpc) is 2.70. The van der Waals surface area contributed by atoms with Gasteiger partial charge in [-0.1, -0.05) is 48.5 Å². The summed E-state index contributed by atoms with van der Waals surface area (Å²) in [7, 11) is 0. The van der Waals surface area contributed by atoms with Gasteiger partial charge in [-0.3, -0.25) is 13.9 Å². The summed E-state index contributed by atoms with van der Waals surface area (Å²) in [6.07, 6.45) is 0.944. The lowest BCUT2D eigenvalue weighted by Crippen LogP contribution is -2.41. The molecule has 140 valence electrons. The molecule has 0 bridgehead atoms. The van der Waals surface area contributed by atoms with Gasteiger partial charge in [-0.15, -0.1) is 23.2 Å². The molecule has 0 aliphatic heterocycles. The van der Waals surface area contributed by atoms with E-state index in [2.05, 4.69) is 0 Å². The highest BCUT2D eigenvalue weighted by Crippen LogP contribution is 2.13. The quantitative estimate of drug-likeness (QED) is 0.585. The molecular weight excluding hydrogens is 390 g/mol. The average molecular weight is 407 g/mol. The van der Waals surface area contributed by atoms with Crippen LogP contribution in [0.5, 0.6) is 0 Å². The fourth-order valence-corrected chi connectivity index (χ4v) is 3.43. The van der Waals surface area contributed by atoms with Gasteiger partial charge >= 0.3 is 5.69 Å². The van der Waals surface area contributed by atoms with Crippen LogP contribution in [0.1, 0.15) is 22.3 Å². The molecule has 4 nitrogen and oxygen atoms in total. The second-order valence-corrected chi connectivity index (χ2v) is 6.62. The second kappa shape index (κ2) is 8.55. The molecule has 3 rings (SSSR count). The Morgan fingerprint density at radius 2 is 1.26 bits per heavy atom. The van der Waals surface area contributed by atoms with Gasteiger partial charge in [-0.05, 0) is 22.3 Å². The zero-order valence-corrected chi connectivity index (χ0v) is 15.9. The third kappa shape index (κ3) is 4.15. The van der Waals surface area contributed by atoms with Crippen molar-refractivity contribution < 1.29 is 4.39 Å². The van der Waals surface area contributed by atoms with E-state index in [9.17, 15) is 14.0 Å². The summed E-state index contributed by atoms with van der Waals surface area (Å²) < 4.78 is 16.3. The van der Waals surface area contributed by atoms with Crippen LogP contribution >= 0.6 is 23.2 Å². The van der Waals surface area contributed by atoms with E-state index in [0.717, 1.165) is 27.5 Å². The third-order valence-electron chi connectivity index (χ3n) is 4.39. The van der Waals surface area contributed by atoms with Gasteiger partial charge in [0.05, 0.1) is 19.3 Å². The molecule has 0 saturated carbocycles. The van der Waals surface area contributed by atoms with Crippen LogP contribution in [-0.2, 0) is 24.8 Å². The molecule has 2 aromatic carbocycles. The summed E-state index contributed by atoms with van der Waals surface area (Å²) in [6.45, 7) is 0.0750. The van der Waals surface area contributed by atoms with E-state index in [-0.39, 0.29) is 24.8 Å². The first kappa shape index (κ1) is 19.4. The summed E-state index contributed by atoms with van der Waals surface area (Å²) in [5.74, 6) is -0.477. The van der Waals surface area contributed by atoms with Gasteiger partial charge in [-0.2, -0.15) is 4.39 Å². The molecule has 0 aliphatic carbocycles. The number of benzene rings is 2. The van der Waals surface area contributed by atoms with E-state index in [4.69, 9.17) is 23.2 Å². The van der Waals surface area contributed by atoms with E-state index in [1.807, 2.05) is 36.4 Å². The Morgan fingerprint density at radius 3 is 1.78 bits per heavy atom. The van der Waals surface area contributed by atoms with E-state index < -0.39 is 17.1 Å². The topological polar surface area (TPSA) is 44.0 Å². The monoisotopic (exact) mass is 406 g/mol. The van der Waals surface area contributed by atoms with Crippen LogP contribution in [0, 0.1) is 5.82 Å². The minimum Gasteiger partial charge on any atom is -0.293 e. The van der Waals surface area contributed by atoms with Crippen LogP contribution in [-0.4, -0.2) is 9.13 Å². The molecule has 0 saturated heterocycles. The van der Waals surface area contributed by atoms with Crippen molar-refractivity contribution in [2.24, 2.45) is 0 Å². The Bertz CT molecular complexity index is 1080. The minimum absolute atomic E-state index is 0.0462. The first-order chi connectivity index (χ1) is 13.0. The number of rotatable bonds is 6. The molecule has 0 amide bonds. The second-order valence-electron chi connectivity index (χ2n) is 6.08. The molecule has 0 N–H and O–H groups in total. The Kier molecular flexibility index (Phi) is 6.14. The normalized spacial score (nSPS) is 10.9. The van der Waals surface area contributed by atoms with Crippen molar-refractivity contribution in [3.05, 3.63) is 104 Å². The highest BCUT2D eigenvalue weighted by molar-refractivity contribution is 6.17. The van der Waals surface area contributed by atoms with Gasteiger partial charge < -0.3 is 0 Å². The van der Waals surface area contributed by atoms with Gasteiger partial charge in [-0.25, -0.2) is 4.79 Å². The van der Waals surface area contributed by atoms with Gasteiger partial charge in [0.1, 0.15) is 0 Å². The molecule has 0 atom stereocenters. The fraction of sp³-hybridized carbons (Fsp3) is 0.200. The van der Waals surface area contributed by atoms with Crippen molar-refractivity contribution >= 4 is 23.2 Å². The summed E-state index contributed by atoms with van der Waals surface area (Å²) in [5, 5.41) is 0. The molecule has 0 fully saturated rings. The Morgan fingerprint density at radius 1 is 0.778 bits per heavy atom. The first-order valence-electron chi connectivity index (χ1n) is 8.30. The molecule has 0 radical (unpaired) electrons. The summed E-state index contributed by atoms with van der Waals surface area (Å²) >= 11 is 11.9. The number of alkyl halides is 2. The lowest BCUT2D eigenvalue weighted by molar-refractivity contribution is 0.517. The predicted molar refractivity (Wildman–Crippen MR) is 105 cm³/mol. The maximum absolute atomic E-state index is 14.2. The van der Waals surface area contributed by atoms with Crippen molar-refractivity contribution in [1.29, 1.82) is 0 Å². The number of hydrogen-bond acceptors (Lipinski definition) is 2. The van der Waals surface area contributed by atoms with Crippen LogP contribution in [0.15, 0.2) is 64.3 Å². The zero-order valence-electron chi connectivity index (χ0n) is 14.4. The van der Waals surface area contributed by atoms with E-state index in [1.165, 1.54) is 4.57 Å². The highest BCUT2D eigenvalue weighted by Gasteiger charge is 2.14. The van der Waals surface area contributed by atoms with Crippen LogP contribution in [0.2, 0.25) is 0 Å². The Hall–Kier alpha value is -2.37. The standard InChI is InChI=1S/C20H17Cl2FN2O2/c21-9-14-5-1-3-7-16(14)11-24-13-18(23)19(26)25(20(24)27)12-17-8-4-2-6-15(17)10-22/h1-8,13H,9-12H2. The first-order valence-corrected chi connectivity index (χ1v) is 9.37. The molecule has 7 heteroatoms. The van der Waals surface area contributed by atoms with E-state index >= 15 is 0 Å². The lowest BCUT2D eigenvalue weighted by Gasteiger charge is -2.14. The Labute approximate surface area is 165 Å². The molecule has 1 heterocycles. The van der Waals surface area contributed by atoms with Gasteiger partial charge in [0, 0.05) is 11.8 Å². The van der Waals surface area contributed by atoms with Crippen LogP contribution < -0.4 is 11.2 Å². The maximum atomic E-state index is 14.2. The summed E-state index contributed by atoms with van der Waals surface area (Å²) in [4.78, 5) is 25.1. The molecule has 1 aromatic heterocycles. The summed E-state index contributed by atoms with van der Waals surface area (Å²) in [5.41, 5.74) is 1.58. The van der Waals surface area contributed by atoms with Crippen LogP contribution in [0.4, 0.5) is 4.39 Å². The minimum atomic E-state index is -0.985. The van der Waals surface area contributed by atoms with E-state index in [0.29, 0.717) is 5.56 Å². The largest absolute Gasteiger partial charge is 0.331 e. The molecule has 0 unspecified atom stereocenters. The van der Waals surface area contributed by atoms with Crippen LogP contribution in [0.3, 0.4) is 0 Å². The molecule has 27 heavy (non-hydrogen) atoms. The third-order valence-corrected chi connectivity index (χ3v) is 4.96. The molecular formula is C20H17Cl2FN2O2. The zero-order chi connectivity index (χ0) is 19.4. The molecule has 0 spiro atoms. The lowest BCUT2D eigenvalue weighted by atomic mass is 10.1. The summed E-state index contributed by atoms with van der Waals surface area (Å²) in [6, 6.07) is 14.5. The smallest absolute Gasteiger partial charge is 0.293 e. The van der Waals surface area contributed by atoms with Gasteiger partial charge in [0.25, 0.3) is 5.56 Å². The van der Waals surface area contributed by atoms with E-state index in [1.54, 1.807) is 12.1 Å². The SMILES string of the molecule is O=c1c(F)cn(Cc2ccccc2CCl)c(=O)n1Cc1ccccc1CCl. The molecule has 0 aliphatic rings. The Balaban J connectivity index is 2.06. The van der Waals surface area contributed by atoms with Gasteiger partial charge in [0.2, 0.25) is 5.82 Å². The van der Waals surface area contributed by atoms with Crippen molar-refractivity contribution in [3.63, 3.8) is 0 Å². The van der Waals surface area contributed by atoms with Crippen molar-refractivity contribution in [1.82, 2.24) is 9.13 Å². The number of nitrogens with zero attached hydrogens (tertiary/aromatic N) is 2. The number of hydrogen-bond donors (Lipinski definition) is 0. The van der Waals surface area contributed by atoms with Crippen molar-refractivity contribution in [2.75, 3.05) is 0 Å². The maximum Gasteiger partial charge on any atom is 0.331 e. The fourth-order valence-electron chi connectivity index (χ4n) is 2.91. The molecule has 3 aromatic rings.